The fraction of sp³-hybridized carbons (Fsp3) is 0.636. The van der Waals surface area contributed by atoms with E-state index in [2.05, 4.69) is 39.2 Å². The molecule has 1 aliphatic carbocycles. The summed E-state index contributed by atoms with van der Waals surface area (Å²) < 4.78 is 4.69. The van der Waals surface area contributed by atoms with E-state index in [1.807, 2.05) is 0 Å². The lowest BCUT2D eigenvalue weighted by molar-refractivity contribution is -0.140. The molecule has 0 unspecified atom stereocenters. The molecule has 1 aromatic rings. The molecule has 0 saturated carbocycles. The summed E-state index contributed by atoms with van der Waals surface area (Å²) in [7, 11) is 1.45. The molecule has 148 valence electrons. The summed E-state index contributed by atoms with van der Waals surface area (Å²) >= 11 is 0. The van der Waals surface area contributed by atoms with Gasteiger partial charge in [0.15, 0.2) is 0 Å². The molecule has 1 spiro atoms. The van der Waals surface area contributed by atoms with E-state index in [1.54, 1.807) is 6.92 Å². The second kappa shape index (κ2) is 8.87. The van der Waals surface area contributed by atoms with Gasteiger partial charge in [-0.25, -0.2) is 0 Å². The molecular weight excluding hydrogens is 340 g/mol. The van der Waals surface area contributed by atoms with Crippen molar-refractivity contribution in [1.82, 2.24) is 10.2 Å². The Hall–Kier alpha value is -1.88. The van der Waals surface area contributed by atoms with Crippen molar-refractivity contribution in [2.75, 3.05) is 26.7 Å². The van der Waals surface area contributed by atoms with E-state index >= 15 is 0 Å². The number of nitrogens with zero attached hydrogens (tertiary/aromatic N) is 1. The van der Waals surface area contributed by atoms with Crippen LogP contribution in [0, 0.1) is 0 Å². The summed E-state index contributed by atoms with van der Waals surface area (Å²) in [6, 6.07) is 8.81. The number of amides is 1. The Labute approximate surface area is 162 Å². The highest BCUT2D eigenvalue weighted by Crippen LogP contribution is 2.50. The first kappa shape index (κ1) is 19.9. The molecule has 5 nitrogen and oxygen atoms in total. The first-order valence-corrected chi connectivity index (χ1v) is 10.2. The summed E-state index contributed by atoms with van der Waals surface area (Å²) in [6.45, 7) is 4.93. The van der Waals surface area contributed by atoms with Gasteiger partial charge in [-0.2, -0.15) is 0 Å². The minimum absolute atomic E-state index is 0.0521. The Morgan fingerprint density at radius 3 is 2.63 bits per heavy atom. The number of hydrogen-bond acceptors (Lipinski definition) is 4. The second-order valence-corrected chi connectivity index (χ2v) is 8.05. The quantitative estimate of drug-likeness (QED) is 0.589. The first-order valence-electron chi connectivity index (χ1n) is 10.2. The zero-order chi connectivity index (χ0) is 19.3. The SMILES string of the molecule is COC(=O)CCCCCN1CCC2(CC1)C[C@H](NC(C)=O)c1ccccc12. The summed E-state index contributed by atoms with van der Waals surface area (Å²) in [5.41, 5.74) is 2.97. The topological polar surface area (TPSA) is 58.6 Å². The predicted molar refractivity (Wildman–Crippen MR) is 105 cm³/mol. The standard InChI is InChI=1S/C22H32N2O3/c1-17(25)23-20-16-22(19-9-6-5-8-18(19)20)11-14-24(15-12-22)13-7-3-4-10-21(26)27-2/h5-6,8-9,20H,3-4,7,10-16H2,1-2H3,(H,23,25)/t20-/m0/s1. The Morgan fingerprint density at radius 1 is 1.19 bits per heavy atom. The number of carbonyl (C=O) groups is 2. The average molecular weight is 373 g/mol. The molecule has 0 bridgehead atoms. The van der Waals surface area contributed by atoms with Crippen LogP contribution in [-0.4, -0.2) is 43.5 Å². The van der Waals surface area contributed by atoms with Gasteiger partial charge >= 0.3 is 5.97 Å². The van der Waals surface area contributed by atoms with Gasteiger partial charge in [0.2, 0.25) is 5.91 Å². The van der Waals surface area contributed by atoms with E-state index in [1.165, 1.54) is 18.2 Å². The maximum absolute atomic E-state index is 11.6. The van der Waals surface area contributed by atoms with E-state index < -0.39 is 0 Å². The first-order chi connectivity index (χ1) is 13.0. The lowest BCUT2D eigenvalue weighted by atomic mass is 9.73. The molecule has 1 fully saturated rings. The lowest BCUT2D eigenvalue weighted by Gasteiger charge is -2.40. The Kier molecular flexibility index (Phi) is 6.53. The van der Waals surface area contributed by atoms with Crippen LogP contribution in [0.5, 0.6) is 0 Å². The normalized spacial score (nSPS) is 21.0. The lowest BCUT2D eigenvalue weighted by Crippen LogP contribution is -2.42. The van der Waals surface area contributed by atoms with Crippen molar-refractivity contribution < 1.29 is 14.3 Å². The number of hydrogen-bond donors (Lipinski definition) is 1. The molecule has 1 heterocycles. The highest BCUT2D eigenvalue weighted by molar-refractivity contribution is 5.74. The van der Waals surface area contributed by atoms with E-state index in [0.717, 1.165) is 58.2 Å². The maximum atomic E-state index is 11.6. The third-order valence-corrected chi connectivity index (χ3v) is 6.28. The van der Waals surface area contributed by atoms with Gasteiger partial charge in [0.1, 0.15) is 0 Å². The minimum atomic E-state index is -0.108. The largest absolute Gasteiger partial charge is 0.469 e. The predicted octanol–water partition coefficient (Wildman–Crippen LogP) is 3.33. The van der Waals surface area contributed by atoms with Crippen LogP contribution < -0.4 is 5.32 Å². The Morgan fingerprint density at radius 2 is 1.93 bits per heavy atom. The zero-order valence-corrected chi connectivity index (χ0v) is 16.6. The summed E-state index contributed by atoms with van der Waals surface area (Å²) in [5, 5.41) is 3.15. The molecule has 3 rings (SSSR count). The molecule has 0 radical (unpaired) electrons. The Balaban J connectivity index is 1.51. The molecule has 27 heavy (non-hydrogen) atoms. The van der Waals surface area contributed by atoms with Gasteiger partial charge in [-0.05, 0) is 62.9 Å². The molecular formula is C22H32N2O3. The number of ether oxygens (including phenoxy) is 1. The Bertz CT molecular complexity index is 665. The monoisotopic (exact) mass is 372 g/mol. The molecule has 1 N–H and O–H groups in total. The van der Waals surface area contributed by atoms with Crippen LogP contribution in [0.1, 0.15) is 69.0 Å². The van der Waals surface area contributed by atoms with Crippen molar-refractivity contribution in [1.29, 1.82) is 0 Å². The van der Waals surface area contributed by atoms with Crippen molar-refractivity contribution in [3.05, 3.63) is 35.4 Å². The minimum Gasteiger partial charge on any atom is -0.469 e. The summed E-state index contributed by atoms with van der Waals surface area (Å²) in [6.07, 6.45) is 6.99. The molecule has 1 aromatic carbocycles. The maximum Gasteiger partial charge on any atom is 0.305 e. The van der Waals surface area contributed by atoms with Crippen LogP contribution in [-0.2, 0) is 19.7 Å². The molecule has 1 atom stereocenters. The average Bonchev–Trinajstić information content (AvgIpc) is 2.96. The molecule has 5 heteroatoms. The number of likely N-dealkylation sites (tertiary alicyclic amines) is 1. The van der Waals surface area contributed by atoms with Gasteiger partial charge in [-0.1, -0.05) is 30.7 Å². The number of fused-ring (bicyclic) bond motifs is 2. The van der Waals surface area contributed by atoms with Crippen molar-refractivity contribution in [2.45, 2.75) is 63.3 Å². The number of methoxy groups -OCH3 is 1. The third-order valence-electron chi connectivity index (χ3n) is 6.28. The van der Waals surface area contributed by atoms with Gasteiger partial charge < -0.3 is 15.0 Å². The van der Waals surface area contributed by atoms with E-state index in [0.29, 0.717) is 6.42 Å². The summed E-state index contributed by atoms with van der Waals surface area (Å²) in [4.78, 5) is 25.3. The van der Waals surface area contributed by atoms with Crippen LogP contribution in [0.25, 0.3) is 0 Å². The molecule has 0 aromatic heterocycles. The van der Waals surface area contributed by atoms with Gasteiger partial charge in [-0.3, -0.25) is 9.59 Å². The molecule has 1 amide bonds. The third kappa shape index (κ3) is 4.70. The smallest absolute Gasteiger partial charge is 0.305 e. The number of unbranched alkanes of at least 4 members (excludes halogenated alkanes) is 2. The number of benzene rings is 1. The number of piperidine rings is 1. The number of esters is 1. The van der Waals surface area contributed by atoms with Crippen LogP contribution in [0.3, 0.4) is 0 Å². The number of carbonyl (C=O) groups excluding carboxylic acids is 2. The van der Waals surface area contributed by atoms with Crippen LogP contribution in [0.4, 0.5) is 0 Å². The van der Waals surface area contributed by atoms with E-state index in [9.17, 15) is 9.59 Å². The van der Waals surface area contributed by atoms with Crippen molar-refractivity contribution in [3.63, 3.8) is 0 Å². The van der Waals surface area contributed by atoms with Crippen LogP contribution >= 0.6 is 0 Å². The summed E-state index contributed by atoms with van der Waals surface area (Å²) in [5.74, 6) is -0.0558. The number of rotatable bonds is 7. The molecule has 1 saturated heterocycles. The highest BCUT2D eigenvalue weighted by atomic mass is 16.5. The van der Waals surface area contributed by atoms with Gasteiger partial charge in [0.25, 0.3) is 0 Å². The molecule has 2 aliphatic rings. The van der Waals surface area contributed by atoms with Crippen molar-refractivity contribution in [2.24, 2.45) is 0 Å². The van der Waals surface area contributed by atoms with Gasteiger partial charge in [-0.15, -0.1) is 0 Å². The van der Waals surface area contributed by atoms with E-state index in [4.69, 9.17) is 0 Å². The van der Waals surface area contributed by atoms with Crippen molar-refractivity contribution >= 4 is 11.9 Å². The zero-order valence-electron chi connectivity index (χ0n) is 16.6. The van der Waals surface area contributed by atoms with Crippen LogP contribution in [0.15, 0.2) is 24.3 Å². The van der Waals surface area contributed by atoms with Crippen LogP contribution in [0.2, 0.25) is 0 Å². The highest BCUT2D eigenvalue weighted by Gasteiger charge is 2.45. The van der Waals surface area contributed by atoms with Crippen molar-refractivity contribution in [3.8, 4) is 0 Å². The second-order valence-electron chi connectivity index (χ2n) is 8.05. The fourth-order valence-corrected chi connectivity index (χ4v) is 4.83. The van der Waals surface area contributed by atoms with Gasteiger partial charge in [0.05, 0.1) is 13.2 Å². The number of nitrogens with one attached hydrogen (secondary N) is 1. The van der Waals surface area contributed by atoms with Gasteiger partial charge in [0, 0.05) is 18.8 Å². The fourth-order valence-electron chi connectivity index (χ4n) is 4.83. The molecule has 1 aliphatic heterocycles. The van der Waals surface area contributed by atoms with E-state index in [-0.39, 0.29) is 23.3 Å².